The van der Waals surface area contributed by atoms with Gasteiger partial charge in [-0.2, -0.15) is 4.98 Å². The Morgan fingerprint density at radius 3 is 2.76 bits per heavy atom. The molecular weight excluding hydrogens is 262 g/mol. The smallest absolute Gasteiger partial charge is 0.227 e. The summed E-state index contributed by atoms with van der Waals surface area (Å²) in [6, 6.07) is 8.45. The number of hydrogen-bond donors (Lipinski definition) is 0. The minimum atomic E-state index is 0.846. The van der Waals surface area contributed by atoms with E-state index in [1.807, 2.05) is 6.20 Å². The maximum atomic E-state index is 4.79. The minimum Gasteiger partial charge on any atom is -0.341 e. The van der Waals surface area contributed by atoms with Gasteiger partial charge in [-0.25, -0.2) is 9.97 Å². The van der Waals surface area contributed by atoms with E-state index in [1.165, 1.54) is 24.0 Å². The molecule has 0 spiro atoms. The number of fused-ring (bicyclic) bond motifs is 5. The van der Waals surface area contributed by atoms with Crippen molar-refractivity contribution >= 4 is 17.1 Å². The molecule has 2 aliphatic heterocycles. The fourth-order valence-corrected chi connectivity index (χ4v) is 3.38. The average molecular weight is 277 g/mol. The summed E-state index contributed by atoms with van der Waals surface area (Å²) < 4.78 is 2.21. The van der Waals surface area contributed by atoms with Crippen LogP contribution in [-0.4, -0.2) is 32.6 Å². The van der Waals surface area contributed by atoms with E-state index in [0.29, 0.717) is 0 Å². The van der Waals surface area contributed by atoms with Crippen molar-refractivity contribution in [1.29, 1.82) is 0 Å². The van der Waals surface area contributed by atoms with Gasteiger partial charge >= 0.3 is 0 Å². The van der Waals surface area contributed by atoms with E-state index in [2.05, 4.69) is 38.7 Å². The van der Waals surface area contributed by atoms with Crippen LogP contribution in [0.25, 0.3) is 22.6 Å². The number of anilines is 1. The van der Waals surface area contributed by atoms with Crippen LogP contribution < -0.4 is 4.90 Å². The molecule has 1 saturated heterocycles. The van der Waals surface area contributed by atoms with Crippen molar-refractivity contribution in [2.45, 2.75) is 19.4 Å². The molecule has 0 amide bonds. The summed E-state index contributed by atoms with van der Waals surface area (Å²) in [4.78, 5) is 16.3. The van der Waals surface area contributed by atoms with Gasteiger partial charge in [0.05, 0.1) is 12.7 Å². The van der Waals surface area contributed by atoms with Crippen LogP contribution in [0.5, 0.6) is 0 Å². The van der Waals surface area contributed by atoms with Crippen molar-refractivity contribution in [3.8, 4) is 11.4 Å². The third-order valence-corrected chi connectivity index (χ3v) is 4.45. The van der Waals surface area contributed by atoms with Gasteiger partial charge in [0.1, 0.15) is 11.3 Å². The monoisotopic (exact) mass is 277 g/mol. The molecular formula is C16H15N5. The van der Waals surface area contributed by atoms with Gasteiger partial charge in [-0.15, -0.1) is 0 Å². The Hall–Kier alpha value is -2.43. The highest BCUT2D eigenvalue weighted by atomic mass is 15.3. The second-order valence-electron chi connectivity index (χ2n) is 5.75. The van der Waals surface area contributed by atoms with Crippen molar-refractivity contribution in [3.05, 3.63) is 36.0 Å². The van der Waals surface area contributed by atoms with Gasteiger partial charge in [0.25, 0.3) is 0 Å². The van der Waals surface area contributed by atoms with E-state index in [9.17, 15) is 0 Å². The highest BCUT2D eigenvalue weighted by Crippen LogP contribution is 2.34. The predicted molar refractivity (Wildman–Crippen MR) is 81.3 cm³/mol. The van der Waals surface area contributed by atoms with Gasteiger partial charge in [0.2, 0.25) is 5.95 Å². The number of aromatic nitrogens is 4. The summed E-state index contributed by atoms with van der Waals surface area (Å²) in [6.07, 6.45) is 4.33. The Bertz CT molecular complexity index is 845. The summed E-state index contributed by atoms with van der Waals surface area (Å²) >= 11 is 0. The van der Waals surface area contributed by atoms with E-state index in [4.69, 9.17) is 9.97 Å². The molecule has 0 saturated carbocycles. The summed E-state index contributed by atoms with van der Waals surface area (Å²) in [5, 5.41) is 0. The van der Waals surface area contributed by atoms with E-state index < -0.39 is 0 Å². The van der Waals surface area contributed by atoms with Crippen LogP contribution in [0.15, 0.2) is 30.5 Å². The van der Waals surface area contributed by atoms with Crippen LogP contribution in [0.3, 0.4) is 0 Å². The van der Waals surface area contributed by atoms with Gasteiger partial charge < -0.3 is 9.47 Å². The standard InChI is InChI=1S/C16H15N5/c1-2-6-12-11(5-1)10-21-14(12)18-13-9-17-16(19-15(13)21)20-7-3-4-8-20/h1-2,5-6,9H,3-4,7-8,10H2. The molecule has 1 aromatic carbocycles. The zero-order valence-corrected chi connectivity index (χ0v) is 11.7. The number of imidazole rings is 1. The van der Waals surface area contributed by atoms with Crippen molar-refractivity contribution in [3.63, 3.8) is 0 Å². The molecule has 21 heavy (non-hydrogen) atoms. The number of rotatable bonds is 1. The first-order chi connectivity index (χ1) is 10.4. The van der Waals surface area contributed by atoms with E-state index in [-0.39, 0.29) is 0 Å². The molecule has 0 aliphatic carbocycles. The molecule has 4 heterocycles. The molecule has 1 fully saturated rings. The van der Waals surface area contributed by atoms with Gasteiger partial charge in [0.15, 0.2) is 5.65 Å². The first kappa shape index (κ1) is 11.3. The van der Waals surface area contributed by atoms with Crippen LogP contribution in [0.2, 0.25) is 0 Å². The molecule has 104 valence electrons. The number of benzene rings is 1. The largest absolute Gasteiger partial charge is 0.341 e. The third kappa shape index (κ3) is 1.54. The molecule has 5 rings (SSSR count). The minimum absolute atomic E-state index is 0.846. The molecule has 0 N–H and O–H groups in total. The molecule has 2 aromatic heterocycles. The molecule has 0 atom stereocenters. The van der Waals surface area contributed by atoms with Crippen LogP contribution in [-0.2, 0) is 6.54 Å². The lowest BCUT2D eigenvalue weighted by Gasteiger charge is -2.14. The molecule has 3 aromatic rings. The highest BCUT2D eigenvalue weighted by molar-refractivity contribution is 5.80. The molecule has 5 nitrogen and oxygen atoms in total. The molecule has 0 radical (unpaired) electrons. The van der Waals surface area contributed by atoms with Crippen LogP contribution in [0.4, 0.5) is 5.95 Å². The average Bonchev–Trinajstić information content (AvgIpc) is 3.22. The van der Waals surface area contributed by atoms with Gasteiger partial charge in [-0.1, -0.05) is 24.3 Å². The quantitative estimate of drug-likeness (QED) is 0.536. The van der Waals surface area contributed by atoms with Crippen molar-refractivity contribution < 1.29 is 0 Å². The first-order valence-electron chi connectivity index (χ1n) is 7.47. The Morgan fingerprint density at radius 2 is 1.86 bits per heavy atom. The first-order valence-corrected chi connectivity index (χ1v) is 7.47. The lowest BCUT2D eigenvalue weighted by Crippen LogP contribution is -2.20. The van der Waals surface area contributed by atoms with Crippen molar-refractivity contribution in [1.82, 2.24) is 19.5 Å². The predicted octanol–water partition coefficient (Wildman–Crippen LogP) is 2.46. The number of hydrogen-bond acceptors (Lipinski definition) is 4. The maximum Gasteiger partial charge on any atom is 0.227 e. The molecule has 2 aliphatic rings. The zero-order chi connectivity index (χ0) is 13.8. The Morgan fingerprint density at radius 1 is 1.00 bits per heavy atom. The second kappa shape index (κ2) is 4.04. The molecule has 0 unspecified atom stereocenters. The number of nitrogens with zero attached hydrogens (tertiary/aromatic N) is 5. The van der Waals surface area contributed by atoms with Crippen molar-refractivity contribution in [2.24, 2.45) is 0 Å². The summed E-state index contributed by atoms with van der Waals surface area (Å²) in [5.74, 6) is 1.87. The van der Waals surface area contributed by atoms with Crippen LogP contribution in [0, 0.1) is 0 Å². The van der Waals surface area contributed by atoms with Gasteiger partial charge in [0, 0.05) is 18.7 Å². The lowest BCUT2D eigenvalue weighted by atomic mass is 10.1. The molecule has 0 bridgehead atoms. The van der Waals surface area contributed by atoms with E-state index in [0.717, 1.165) is 42.6 Å². The van der Waals surface area contributed by atoms with Crippen LogP contribution >= 0.6 is 0 Å². The Labute approximate surface area is 122 Å². The summed E-state index contributed by atoms with van der Waals surface area (Å²) in [6.45, 7) is 2.98. The van der Waals surface area contributed by atoms with E-state index >= 15 is 0 Å². The highest BCUT2D eigenvalue weighted by Gasteiger charge is 2.24. The second-order valence-corrected chi connectivity index (χ2v) is 5.75. The maximum absolute atomic E-state index is 4.79. The normalized spacial score (nSPS) is 16.5. The van der Waals surface area contributed by atoms with Gasteiger partial charge in [-0.3, -0.25) is 0 Å². The topological polar surface area (TPSA) is 46.8 Å². The summed E-state index contributed by atoms with van der Waals surface area (Å²) in [7, 11) is 0. The van der Waals surface area contributed by atoms with Crippen molar-refractivity contribution in [2.75, 3.05) is 18.0 Å². The fourth-order valence-electron chi connectivity index (χ4n) is 3.38. The van der Waals surface area contributed by atoms with Gasteiger partial charge in [-0.05, 0) is 18.4 Å². The zero-order valence-electron chi connectivity index (χ0n) is 11.7. The third-order valence-electron chi connectivity index (χ3n) is 4.45. The lowest BCUT2D eigenvalue weighted by molar-refractivity contribution is 0.851. The molecule has 5 heteroatoms. The Kier molecular flexibility index (Phi) is 2.16. The van der Waals surface area contributed by atoms with E-state index in [1.54, 1.807) is 0 Å². The van der Waals surface area contributed by atoms with Crippen LogP contribution in [0.1, 0.15) is 18.4 Å². The fraction of sp³-hybridized carbons (Fsp3) is 0.312. The SMILES string of the molecule is c1ccc2c(c1)Cn1c-2nc2cnc(N3CCCC3)nc21. The Balaban J connectivity index is 1.69. The summed E-state index contributed by atoms with van der Waals surface area (Å²) in [5.41, 5.74) is 4.39.